The van der Waals surface area contributed by atoms with E-state index in [1.807, 2.05) is 60.7 Å². The van der Waals surface area contributed by atoms with Gasteiger partial charge in [-0.3, -0.25) is 4.90 Å². The van der Waals surface area contributed by atoms with Crippen LogP contribution in [0.1, 0.15) is 24.0 Å². The Bertz CT molecular complexity index is 629. The van der Waals surface area contributed by atoms with Crippen LogP contribution < -0.4 is 0 Å². The molecule has 0 radical (unpaired) electrons. The summed E-state index contributed by atoms with van der Waals surface area (Å²) in [6.45, 7) is 0.887. The molecule has 0 aromatic heterocycles. The van der Waals surface area contributed by atoms with Crippen LogP contribution in [0.5, 0.6) is 0 Å². The SMILES string of the molecule is O=C(O)N1CCCC1(OCc1ccccc1)c1ccccc1. The highest BCUT2D eigenvalue weighted by Gasteiger charge is 2.46. The predicted octanol–water partition coefficient (Wildman–Crippen LogP) is 3.83. The van der Waals surface area contributed by atoms with Crippen LogP contribution in [0.4, 0.5) is 4.79 Å². The summed E-state index contributed by atoms with van der Waals surface area (Å²) in [4.78, 5) is 13.1. The monoisotopic (exact) mass is 297 g/mol. The van der Waals surface area contributed by atoms with Crippen LogP contribution in [-0.2, 0) is 17.1 Å². The van der Waals surface area contributed by atoms with Crippen molar-refractivity contribution in [3.8, 4) is 0 Å². The summed E-state index contributed by atoms with van der Waals surface area (Å²) >= 11 is 0. The van der Waals surface area contributed by atoms with Gasteiger partial charge in [-0.1, -0.05) is 60.7 Å². The van der Waals surface area contributed by atoms with Crippen molar-refractivity contribution in [2.45, 2.75) is 25.2 Å². The summed E-state index contributed by atoms with van der Waals surface area (Å²) in [6, 6.07) is 19.5. The van der Waals surface area contributed by atoms with E-state index in [-0.39, 0.29) is 0 Å². The van der Waals surface area contributed by atoms with Gasteiger partial charge in [0.1, 0.15) is 0 Å². The summed E-state index contributed by atoms with van der Waals surface area (Å²) in [5.41, 5.74) is 1.05. The van der Waals surface area contributed by atoms with E-state index in [9.17, 15) is 9.90 Å². The van der Waals surface area contributed by atoms with Gasteiger partial charge in [-0.25, -0.2) is 4.79 Å². The molecule has 1 amide bonds. The summed E-state index contributed by atoms with van der Waals surface area (Å²) in [5.74, 6) is 0. The lowest BCUT2D eigenvalue weighted by Crippen LogP contribution is -2.46. The highest BCUT2D eigenvalue weighted by molar-refractivity contribution is 5.67. The summed E-state index contributed by atoms with van der Waals surface area (Å²) in [7, 11) is 0. The smallest absolute Gasteiger partial charge is 0.409 e. The average Bonchev–Trinajstić information content (AvgIpc) is 3.00. The number of ether oxygens (including phenoxy) is 1. The zero-order valence-corrected chi connectivity index (χ0v) is 12.3. The van der Waals surface area contributed by atoms with E-state index >= 15 is 0 Å². The first-order valence-corrected chi connectivity index (χ1v) is 7.46. The second kappa shape index (κ2) is 6.20. The Morgan fingerprint density at radius 2 is 1.73 bits per heavy atom. The summed E-state index contributed by atoms with van der Waals surface area (Å²) in [6.07, 6.45) is 0.543. The third-order valence-electron chi connectivity index (χ3n) is 4.11. The van der Waals surface area contributed by atoms with E-state index in [1.54, 1.807) is 0 Å². The van der Waals surface area contributed by atoms with E-state index < -0.39 is 11.8 Å². The van der Waals surface area contributed by atoms with Crippen molar-refractivity contribution in [3.05, 3.63) is 71.8 Å². The van der Waals surface area contributed by atoms with Crippen molar-refractivity contribution in [2.75, 3.05) is 6.54 Å². The minimum absolute atomic E-state index is 0.388. The lowest BCUT2D eigenvalue weighted by molar-refractivity contribution is -0.138. The first-order chi connectivity index (χ1) is 10.7. The van der Waals surface area contributed by atoms with Crippen molar-refractivity contribution < 1.29 is 14.6 Å². The second-order valence-electron chi connectivity index (χ2n) is 5.46. The molecule has 1 aliphatic rings. The molecule has 2 aromatic rings. The van der Waals surface area contributed by atoms with Gasteiger partial charge in [0.05, 0.1) is 6.61 Å². The highest BCUT2D eigenvalue weighted by Crippen LogP contribution is 2.40. The van der Waals surface area contributed by atoms with Gasteiger partial charge in [0.15, 0.2) is 5.72 Å². The van der Waals surface area contributed by atoms with Crippen LogP contribution in [0, 0.1) is 0 Å². The Balaban J connectivity index is 1.91. The van der Waals surface area contributed by atoms with Crippen molar-refractivity contribution in [1.29, 1.82) is 0 Å². The number of hydrogen-bond donors (Lipinski definition) is 1. The molecule has 1 atom stereocenters. The number of carbonyl (C=O) groups is 1. The predicted molar refractivity (Wildman–Crippen MR) is 83.3 cm³/mol. The maximum atomic E-state index is 11.6. The number of likely N-dealkylation sites (tertiary alicyclic amines) is 1. The van der Waals surface area contributed by atoms with E-state index in [4.69, 9.17) is 4.74 Å². The fraction of sp³-hybridized carbons (Fsp3) is 0.278. The molecule has 1 aliphatic heterocycles. The first kappa shape index (κ1) is 14.6. The van der Waals surface area contributed by atoms with Crippen molar-refractivity contribution in [1.82, 2.24) is 4.90 Å². The molecule has 4 heteroatoms. The zero-order valence-electron chi connectivity index (χ0n) is 12.3. The standard InChI is InChI=1S/C18H19NO3/c20-17(21)19-13-7-12-18(19,16-10-5-2-6-11-16)22-14-15-8-3-1-4-9-15/h1-6,8-11H,7,12-14H2,(H,20,21). The lowest BCUT2D eigenvalue weighted by Gasteiger charge is -2.37. The maximum Gasteiger partial charge on any atom is 0.409 e. The molecule has 2 aromatic carbocycles. The Morgan fingerprint density at radius 1 is 1.09 bits per heavy atom. The van der Waals surface area contributed by atoms with E-state index in [2.05, 4.69) is 0 Å². The maximum absolute atomic E-state index is 11.6. The van der Waals surface area contributed by atoms with Crippen LogP contribution in [0.2, 0.25) is 0 Å². The van der Waals surface area contributed by atoms with E-state index in [1.165, 1.54) is 4.90 Å². The van der Waals surface area contributed by atoms with Crippen LogP contribution in [-0.4, -0.2) is 22.6 Å². The van der Waals surface area contributed by atoms with Gasteiger partial charge in [-0.15, -0.1) is 0 Å². The van der Waals surface area contributed by atoms with Crippen LogP contribution in [0.25, 0.3) is 0 Å². The molecule has 3 rings (SSSR count). The minimum Gasteiger partial charge on any atom is -0.465 e. The number of carboxylic acid groups (broad SMARTS) is 1. The second-order valence-corrected chi connectivity index (χ2v) is 5.46. The average molecular weight is 297 g/mol. The number of hydrogen-bond acceptors (Lipinski definition) is 2. The lowest BCUT2D eigenvalue weighted by atomic mass is 9.99. The van der Waals surface area contributed by atoms with Gasteiger partial charge >= 0.3 is 6.09 Å². The molecule has 0 bridgehead atoms. The normalized spacial score (nSPS) is 21.0. The molecule has 1 heterocycles. The van der Waals surface area contributed by atoms with Gasteiger partial charge in [0.2, 0.25) is 0 Å². The van der Waals surface area contributed by atoms with Gasteiger partial charge < -0.3 is 9.84 Å². The Labute approximate surface area is 130 Å². The topological polar surface area (TPSA) is 49.8 Å². The first-order valence-electron chi connectivity index (χ1n) is 7.46. The molecule has 1 fully saturated rings. The zero-order chi connectivity index (χ0) is 15.4. The van der Waals surface area contributed by atoms with Crippen molar-refractivity contribution in [2.24, 2.45) is 0 Å². The molecule has 0 aliphatic carbocycles. The molecule has 114 valence electrons. The van der Waals surface area contributed by atoms with Gasteiger partial charge in [-0.2, -0.15) is 0 Å². The molecular weight excluding hydrogens is 278 g/mol. The third-order valence-corrected chi connectivity index (χ3v) is 4.11. The molecule has 0 saturated carbocycles. The molecule has 1 unspecified atom stereocenters. The Kier molecular flexibility index (Phi) is 4.11. The summed E-state index contributed by atoms with van der Waals surface area (Å²) < 4.78 is 6.18. The van der Waals surface area contributed by atoms with Gasteiger partial charge in [-0.05, 0) is 12.0 Å². The molecule has 1 N–H and O–H groups in total. The molecule has 4 nitrogen and oxygen atoms in total. The Hall–Kier alpha value is -2.33. The fourth-order valence-electron chi connectivity index (χ4n) is 3.05. The number of nitrogens with zero attached hydrogens (tertiary/aromatic N) is 1. The minimum atomic E-state index is -0.936. The van der Waals surface area contributed by atoms with Crippen LogP contribution in [0.15, 0.2) is 60.7 Å². The number of benzene rings is 2. The molecular formula is C18H19NO3. The molecule has 0 spiro atoms. The fourth-order valence-corrected chi connectivity index (χ4v) is 3.05. The molecule has 1 saturated heterocycles. The quantitative estimate of drug-likeness (QED) is 0.933. The van der Waals surface area contributed by atoms with Gasteiger partial charge in [0.25, 0.3) is 0 Å². The van der Waals surface area contributed by atoms with Crippen molar-refractivity contribution in [3.63, 3.8) is 0 Å². The Morgan fingerprint density at radius 3 is 2.36 bits per heavy atom. The number of amides is 1. The largest absolute Gasteiger partial charge is 0.465 e. The highest BCUT2D eigenvalue weighted by atomic mass is 16.5. The van der Waals surface area contributed by atoms with E-state index in [0.29, 0.717) is 19.6 Å². The van der Waals surface area contributed by atoms with Gasteiger partial charge in [0, 0.05) is 18.5 Å². The van der Waals surface area contributed by atoms with Crippen molar-refractivity contribution >= 4 is 6.09 Å². The summed E-state index contributed by atoms with van der Waals surface area (Å²) in [5, 5.41) is 9.55. The molecule has 22 heavy (non-hydrogen) atoms. The third kappa shape index (κ3) is 2.70. The number of rotatable bonds is 4. The van der Waals surface area contributed by atoms with Crippen LogP contribution >= 0.6 is 0 Å². The van der Waals surface area contributed by atoms with E-state index in [0.717, 1.165) is 17.5 Å². The van der Waals surface area contributed by atoms with Crippen LogP contribution in [0.3, 0.4) is 0 Å².